The lowest BCUT2D eigenvalue weighted by Crippen LogP contribution is -2.25. The maximum Gasteiger partial charge on any atom is 0.307 e. The van der Waals surface area contributed by atoms with E-state index in [0.717, 1.165) is 24.8 Å². The molecular weight excluding hydrogens is 258 g/mol. The fraction of sp³-hybridized carbons (Fsp3) is 0.467. The van der Waals surface area contributed by atoms with Gasteiger partial charge >= 0.3 is 5.97 Å². The van der Waals surface area contributed by atoms with Crippen molar-refractivity contribution < 1.29 is 19.1 Å². The van der Waals surface area contributed by atoms with Gasteiger partial charge in [0.2, 0.25) is 0 Å². The average Bonchev–Trinajstić information content (AvgIpc) is 2.89. The van der Waals surface area contributed by atoms with Crippen molar-refractivity contribution in [2.75, 3.05) is 7.11 Å². The quantitative estimate of drug-likeness (QED) is 0.931. The van der Waals surface area contributed by atoms with E-state index in [2.05, 4.69) is 4.98 Å². The number of carboxylic acid groups (broad SMARTS) is 1. The number of ether oxygens (including phenoxy) is 1. The van der Waals surface area contributed by atoms with Crippen LogP contribution in [0.4, 0.5) is 0 Å². The highest BCUT2D eigenvalue weighted by Gasteiger charge is 2.35. The Balaban J connectivity index is 1.97. The molecule has 2 unspecified atom stereocenters. The molecule has 1 aromatic heterocycles. The van der Waals surface area contributed by atoms with Gasteiger partial charge in [0.1, 0.15) is 11.3 Å². The van der Waals surface area contributed by atoms with Crippen LogP contribution in [0.25, 0.3) is 11.1 Å². The molecule has 2 atom stereocenters. The SMILES string of the molecule is COc1ccc2nc(C3CCCCC3C(=O)O)oc2c1. The molecular formula is C15H17NO4. The molecule has 0 spiro atoms. The number of carbonyl (C=O) groups is 1. The maximum atomic E-state index is 11.4. The van der Waals surface area contributed by atoms with E-state index in [1.165, 1.54) is 0 Å². The Bertz CT molecular complexity index is 634. The number of oxazole rings is 1. The van der Waals surface area contributed by atoms with E-state index >= 15 is 0 Å². The first-order valence-electron chi connectivity index (χ1n) is 6.86. The van der Waals surface area contributed by atoms with Crippen LogP contribution in [0.15, 0.2) is 22.6 Å². The van der Waals surface area contributed by atoms with Gasteiger partial charge in [-0.15, -0.1) is 0 Å². The first-order valence-corrected chi connectivity index (χ1v) is 6.86. The molecule has 5 heteroatoms. The van der Waals surface area contributed by atoms with Gasteiger partial charge in [0.25, 0.3) is 0 Å². The predicted molar refractivity (Wildman–Crippen MR) is 72.9 cm³/mol. The maximum absolute atomic E-state index is 11.4. The largest absolute Gasteiger partial charge is 0.497 e. The van der Waals surface area contributed by atoms with Crippen LogP contribution in [-0.2, 0) is 4.79 Å². The van der Waals surface area contributed by atoms with Crippen molar-refractivity contribution in [3.8, 4) is 5.75 Å². The number of hydrogen-bond acceptors (Lipinski definition) is 4. The normalized spacial score (nSPS) is 22.9. The van der Waals surface area contributed by atoms with Gasteiger partial charge in [-0.1, -0.05) is 12.8 Å². The summed E-state index contributed by atoms with van der Waals surface area (Å²) in [6, 6.07) is 5.44. The second-order valence-electron chi connectivity index (χ2n) is 5.22. The van der Waals surface area contributed by atoms with E-state index in [9.17, 15) is 9.90 Å². The molecule has 1 aliphatic carbocycles. The molecule has 3 rings (SSSR count). The van der Waals surface area contributed by atoms with Crippen LogP contribution in [0.2, 0.25) is 0 Å². The molecule has 0 bridgehead atoms. The summed E-state index contributed by atoms with van der Waals surface area (Å²) in [6.07, 6.45) is 3.50. The van der Waals surface area contributed by atoms with E-state index < -0.39 is 11.9 Å². The first kappa shape index (κ1) is 13.0. The van der Waals surface area contributed by atoms with Crippen LogP contribution in [-0.4, -0.2) is 23.2 Å². The summed E-state index contributed by atoms with van der Waals surface area (Å²) in [5.41, 5.74) is 1.39. The van der Waals surface area contributed by atoms with Crippen molar-refractivity contribution in [1.29, 1.82) is 0 Å². The lowest BCUT2D eigenvalue weighted by atomic mass is 9.79. The zero-order chi connectivity index (χ0) is 14.1. The summed E-state index contributed by atoms with van der Waals surface area (Å²) in [4.78, 5) is 15.8. The fourth-order valence-corrected chi connectivity index (χ4v) is 2.93. The number of rotatable bonds is 3. The van der Waals surface area contributed by atoms with Gasteiger partial charge in [-0.3, -0.25) is 4.79 Å². The number of aliphatic carboxylic acids is 1. The molecule has 0 aliphatic heterocycles. The van der Waals surface area contributed by atoms with Crippen molar-refractivity contribution in [2.45, 2.75) is 31.6 Å². The molecule has 5 nitrogen and oxygen atoms in total. The van der Waals surface area contributed by atoms with Gasteiger partial charge in [0.15, 0.2) is 11.5 Å². The Morgan fingerprint density at radius 2 is 2.20 bits per heavy atom. The molecule has 1 heterocycles. The Labute approximate surface area is 116 Å². The Morgan fingerprint density at radius 1 is 1.40 bits per heavy atom. The van der Waals surface area contributed by atoms with Gasteiger partial charge in [-0.05, 0) is 25.0 Å². The van der Waals surface area contributed by atoms with Crippen molar-refractivity contribution in [1.82, 2.24) is 4.98 Å². The zero-order valence-electron chi connectivity index (χ0n) is 11.3. The number of methoxy groups -OCH3 is 1. The molecule has 1 N–H and O–H groups in total. The van der Waals surface area contributed by atoms with Gasteiger partial charge in [0, 0.05) is 12.0 Å². The smallest absolute Gasteiger partial charge is 0.307 e. The highest BCUT2D eigenvalue weighted by molar-refractivity contribution is 5.75. The summed E-state index contributed by atoms with van der Waals surface area (Å²) in [7, 11) is 1.60. The number of aromatic nitrogens is 1. The van der Waals surface area contributed by atoms with Gasteiger partial charge in [-0.25, -0.2) is 4.98 Å². The minimum atomic E-state index is -0.755. The van der Waals surface area contributed by atoms with Crippen molar-refractivity contribution in [3.05, 3.63) is 24.1 Å². The van der Waals surface area contributed by atoms with E-state index in [1.807, 2.05) is 12.1 Å². The molecule has 0 radical (unpaired) electrons. The summed E-state index contributed by atoms with van der Waals surface area (Å²) in [5.74, 6) is -0.0214. The highest BCUT2D eigenvalue weighted by Crippen LogP contribution is 2.38. The topological polar surface area (TPSA) is 72.6 Å². The summed E-state index contributed by atoms with van der Waals surface area (Å²) >= 11 is 0. The third kappa shape index (κ3) is 2.24. The lowest BCUT2D eigenvalue weighted by molar-refractivity contribution is -0.143. The Kier molecular flexibility index (Phi) is 3.34. The third-order valence-corrected chi connectivity index (χ3v) is 4.01. The molecule has 1 fully saturated rings. The standard InChI is InChI=1S/C15H17NO4/c1-19-9-6-7-12-13(8-9)20-14(16-12)10-4-2-3-5-11(10)15(17)18/h6-8,10-11H,2-5H2,1H3,(H,17,18). The second kappa shape index (κ2) is 5.15. The molecule has 2 aromatic rings. The van der Waals surface area contributed by atoms with Crippen molar-refractivity contribution in [3.63, 3.8) is 0 Å². The van der Waals surface area contributed by atoms with Gasteiger partial charge in [-0.2, -0.15) is 0 Å². The molecule has 1 aromatic carbocycles. The lowest BCUT2D eigenvalue weighted by Gasteiger charge is -2.25. The fourth-order valence-electron chi connectivity index (χ4n) is 2.93. The summed E-state index contributed by atoms with van der Waals surface area (Å²) < 4.78 is 10.9. The molecule has 1 saturated carbocycles. The predicted octanol–water partition coefficient (Wildman–Crippen LogP) is 3.19. The number of hydrogen-bond donors (Lipinski definition) is 1. The number of fused-ring (bicyclic) bond motifs is 1. The van der Waals surface area contributed by atoms with Crippen LogP contribution in [0.5, 0.6) is 5.75 Å². The third-order valence-electron chi connectivity index (χ3n) is 4.01. The number of benzene rings is 1. The highest BCUT2D eigenvalue weighted by atomic mass is 16.5. The van der Waals surface area contributed by atoms with E-state index in [0.29, 0.717) is 23.6 Å². The number of carboxylic acids is 1. The summed E-state index contributed by atoms with van der Waals surface area (Å²) in [5, 5.41) is 9.34. The minimum absolute atomic E-state index is 0.125. The van der Waals surface area contributed by atoms with Crippen LogP contribution >= 0.6 is 0 Å². The van der Waals surface area contributed by atoms with Crippen LogP contribution in [0.3, 0.4) is 0 Å². The first-order chi connectivity index (χ1) is 9.69. The van der Waals surface area contributed by atoms with Crippen LogP contribution in [0.1, 0.15) is 37.5 Å². The van der Waals surface area contributed by atoms with Gasteiger partial charge < -0.3 is 14.3 Å². The molecule has 106 valence electrons. The molecule has 0 amide bonds. The van der Waals surface area contributed by atoms with Crippen molar-refractivity contribution in [2.24, 2.45) is 5.92 Å². The van der Waals surface area contributed by atoms with E-state index in [1.54, 1.807) is 13.2 Å². The number of nitrogens with zero attached hydrogens (tertiary/aromatic N) is 1. The van der Waals surface area contributed by atoms with Crippen LogP contribution in [0, 0.1) is 5.92 Å². The Hall–Kier alpha value is -2.04. The summed E-state index contributed by atoms with van der Waals surface area (Å²) in [6.45, 7) is 0. The van der Waals surface area contributed by atoms with E-state index in [-0.39, 0.29) is 5.92 Å². The average molecular weight is 275 g/mol. The second-order valence-corrected chi connectivity index (χ2v) is 5.22. The monoisotopic (exact) mass is 275 g/mol. The Morgan fingerprint density at radius 3 is 2.95 bits per heavy atom. The van der Waals surface area contributed by atoms with Crippen LogP contribution < -0.4 is 4.74 Å². The van der Waals surface area contributed by atoms with Gasteiger partial charge in [0.05, 0.1) is 13.0 Å². The molecule has 1 aliphatic rings. The zero-order valence-corrected chi connectivity index (χ0v) is 11.3. The minimum Gasteiger partial charge on any atom is -0.497 e. The van der Waals surface area contributed by atoms with Crippen molar-refractivity contribution >= 4 is 17.1 Å². The van der Waals surface area contributed by atoms with E-state index in [4.69, 9.17) is 9.15 Å². The molecule has 20 heavy (non-hydrogen) atoms. The molecule has 0 saturated heterocycles.